The summed E-state index contributed by atoms with van der Waals surface area (Å²) in [5, 5.41) is 13.9. The van der Waals surface area contributed by atoms with Crippen LogP contribution in [0.4, 0.5) is 5.95 Å². The minimum absolute atomic E-state index is 0.0228. The number of benzene rings is 1. The second-order valence-corrected chi connectivity index (χ2v) is 5.47. The van der Waals surface area contributed by atoms with E-state index >= 15 is 0 Å². The Kier molecular flexibility index (Phi) is 3.34. The maximum Gasteiger partial charge on any atom is 0.223 e. The van der Waals surface area contributed by atoms with Crippen molar-refractivity contribution in [3.63, 3.8) is 0 Å². The zero-order valence-electron chi connectivity index (χ0n) is 11.0. The lowest BCUT2D eigenvalue weighted by Crippen LogP contribution is -2.31. The molecule has 0 unspecified atom stereocenters. The molecule has 1 aliphatic rings. The van der Waals surface area contributed by atoms with Crippen molar-refractivity contribution in [1.82, 2.24) is 9.97 Å². The molecular weight excluding hydrogens is 238 g/mol. The fourth-order valence-corrected chi connectivity index (χ4v) is 2.84. The zero-order chi connectivity index (χ0) is 13.1. The Morgan fingerprint density at radius 3 is 2.79 bits per heavy atom. The number of rotatable bonds is 4. The van der Waals surface area contributed by atoms with Gasteiger partial charge in [0.25, 0.3) is 0 Å². The lowest BCUT2D eigenvalue weighted by Gasteiger charge is -2.26. The first kappa shape index (κ1) is 12.4. The standard InChI is InChI=1S/C15H19N3O/c19-11-15(7-3-4-8-15)10-17-14-16-9-12-5-1-2-6-13(12)18-14/h1-2,5-6,9,19H,3-4,7-8,10-11H2,(H,16,17,18). The lowest BCUT2D eigenvalue weighted by molar-refractivity contribution is 0.142. The summed E-state index contributed by atoms with van der Waals surface area (Å²) in [6.07, 6.45) is 6.43. The number of fused-ring (bicyclic) bond motifs is 1. The average Bonchev–Trinajstić information content (AvgIpc) is 2.94. The van der Waals surface area contributed by atoms with Gasteiger partial charge in [-0.3, -0.25) is 0 Å². The Balaban J connectivity index is 1.74. The fourth-order valence-electron chi connectivity index (χ4n) is 2.84. The molecule has 3 rings (SSSR count). The van der Waals surface area contributed by atoms with Gasteiger partial charge in [0.15, 0.2) is 0 Å². The largest absolute Gasteiger partial charge is 0.396 e. The monoisotopic (exact) mass is 257 g/mol. The zero-order valence-corrected chi connectivity index (χ0v) is 11.0. The van der Waals surface area contributed by atoms with E-state index in [1.165, 1.54) is 12.8 Å². The number of anilines is 1. The number of aromatic nitrogens is 2. The van der Waals surface area contributed by atoms with E-state index in [-0.39, 0.29) is 12.0 Å². The van der Waals surface area contributed by atoms with Gasteiger partial charge in [0, 0.05) is 23.5 Å². The Bertz CT molecular complexity index is 564. The molecule has 0 aliphatic heterocycles. The van der Waals surface area contributed by atoms with Crippen molar-refractivity contribution in [3.8, 4) is 0 Å². The van der Waals surface area contributed by atoms with Crippen LogP contribution in [0.1, 0.15) is 25.7 Å². The number of aliphatic hydroxyl groups excluding tert-OH is 1. The maximum absolute atomic E-state index is 9.59. The third-order valence-electron chi connectivity index (χ3n) is 4.11. The highest BCUT2D eigenvalue weighted by Gasteiger charge is 2.33. The molecule has 1 aliphatic carbocycles. The molecule has 2 aromatic rings. The van der Waals surface area contributed by atoms with Gasteiger partial charge in [-0.2, -0.15) is 0 Å². The first-order valence-corrected chi connectivity index (χ1v) is 6.88. The molecule has 0 radical (unpaired) electrons. The summed E-state index contributed by atoms with van der Waals surface area (Å²) in [5.41, 5.74) is 0.971. The molecule has 1 aromatic carbocycles. The first-order valence-electron chi connectivity index (χ1n) is 6.88. The first-order chi connectivity index (χ1) is 9.31. The van der Waals surface area contributed by atoms with Crippen LogP contribution in [0.3, 0.4) is 0 Å². The van der Waals surface area contributed by atoms with Crippen LogP contribution in [0.5, 0.6) is 0 Å². The highest BCUT2D eigenvalue weighted by Crippen LogP contribution is 2.37. The summed E-state index contributed by atoms with van der Waals surface area (Å²) in [6, 6.07) is 7.95. The fraction of sp³-hybridized carbons (Fsp3) is 0.467. The number of nitrogens with one attached hydrogen (secondary N) is 1. The molecular formula is C15H19N3O. The van der Waals surface area contributed by atoms with Crippen LogP contribution in [0.2, 0.25) is 0 Å². The molecule has 1 aromatic heterocycles. The van der Waals surface area contributed by atoms with Crippen LogP contribution in [0.15, 0.2) is 30.5 Å². The summed E-state index contributed by atoms with van der Waals surface area (Å²) in [5.74, 6) is 0.651. The second-order valence-electron chi connectivity index (χ2n) is 5.47. The van der Waals surface area contributed by atoms with Gasteiger partial charge in [-0.05, 0) is 18.9 Å². The van der Waals surface area contributed by atoms with Gasteiger partial charge in [-0.1, -0.05) is 31.0 Å². The van der Waals surface area contributed by atoms with Gasteiger partial charge in [0.1, 0.15) is 0 Å². The quantitative estimate of drug-likeness (QED) is 0.884. The molecule has 0 saturated heterocycles. The normalized spacial score (nSPS) is 17.7. The van der Waals surface area contributed by atoms with Crippen molar-refractivity contribution < 1.29 is 5.11 Å². The van der Waals surface area contributed by atoms with Crippen LogP contribution >= 0.6 is 0 Å². The van der Waals surface area contributed by atoms with E-state index in [1.807, 2.05) is 30.5 Å². The van der Waals surface area contributed by atoms with Crippen LogP contribution in [0.25, 0.3) is 10.9 Å². The molecule has 1 heterocycles. The smallest absolute Gasteiger partial charge is 0.223 e. The maximum atomic E-state index is 9.59. The molecule has 4 heteroatoms. The topological polar surface area (TPSA) is 58.0 Å². The van der Waals surface area contributed by atoms with Gasteiger partial charge < -0.3 is 10.4 Å². The van der Waals surface area contributed by atoms with Gasteiger partial charge >= 0.3 is 0 Å². The van der Waals surface area contributed by atoms with Crippen molar-refractivity contribution in [2.45, 2.75) is 25.7 Å². The third kappa shape index (κ3) is 2.54. The molecule has 1 saturated carbocycles. The van der Waals surface area contributed by atoms with Gasteiger partial charge in [-0.25, -0.2) is 9.97 Å². The van der Waals surface area contributed by atoms with E-state index < -0.39 is 0 Å². The molecule has 19 heavy (non-hydrogen) atoms. The minimum atomic E-state index is 0.0228. The van der Waals surface area contributed by atoms with E-state index in [4.69, 9.17) is 0 Å². The Morgan fingerprint density at radius 2 is 2.00 bits per heavy atom. The lowest BCUT2D eigenvalue weighted by atomic mass is 9.87. The summed E-state index contributed by atoms with van der Waals surface area (Å²) in [7, 11) is 0. The summed E-state index contributed by atoms with van der Waals surface area (Å²) in [6.45, 7) is 0.995. The van der Waals surface area contributed by atoms with Crippen LogP contribution < -0.4 is 5.32 Å². The highest BCUT2D eigenvalue weighted by molar-refractivity contribution is 5.78. The van der Waals surface area contributed by atoms with E-state index in [2.05, 4.69) is 15.3 Å². The number of hydrogen-bond acceptors (Lipinski definition) is 4. The van der Waals surface area contributed by atoms with Crippen molar-refractivity contribution in [2.75, 3.05) is 18.5 Å². The molecule has 0 spiro atoms. The second kappa shape index (κ2) is 5.13. The minimum Gasteiger partial charge on any atom is -0.396 e. The molecule has 4 nitrogen and oxygen atoms in total. The number of hydrogen-bond donors (Lipinski definition) is 2. The summed E-state index contributed by atoms with van der Waals surface area (Å²) < 4.78 is 0. The van der Waals surface area contributed by atoms with Gasteiger partial charge in [-0.15, -0.1) is 0 Å². The van der Waals surface area contributed by atoms with E-state index in [0.29, 0.717) is 5.95 Å². The molecule has 2 N–H and O–H groups in total. The molecule has 0 amide bonds. The van der Waals surface area contributed by atoms with Crippen LogP contribution in [-0.4, -0.2) is 28.2 Å². The van der Waals surface area contributed by atoms with E-state index in [0.717, 1.165) is 30.3 Å². The number of para-hydroxylation sites is 1. The van der Waals surface area contributed by atoms with Crippen LogP contribution in [-0.2, 0) is 0 Å². The van der Waals surface area contributed by atoms with Gasteiger partial charge in [0.05, 0.1) is 12.1 Å². The average molecular weight is 257 g/mol. The van der Waals surface area contributed by atoms with E-state index in [9.17, 15) is 5.11 Å². The third-order valence-corrected chi connectivity index (χ3v) is 4.11. The number of aliphatic hydroxyl groups is 1. The highest BCUT2D eigenvalue weighted by atomic mass is 16.3. The number of nitrogens with zero attached hydrogens (tertiary/aromatic N) is 2. The van der Waals surface area contributed by atoms with Crippen LogP contribution in [0, 0.1) is 5.41 Å². The predicted octanol–water partition coefficient (Wildman–Crippen LogP) is 2.59. The SMILES string of the molecule is OCC1(CNc2ncc3ccccc3n2)CCCC1. The Labute approximate surface area is 112 Å². The predicted molar refractivity (Wildman–Crippen MR) is 76.0 cm³/mol. The summed E-state index contributed by atoms with van der Waals surface area (Å²) in [4.78, 5) is 8.83. The molecule has 0 atom stereocenters. The molecule has 0 bridgehead atoms. The van der Waals surface area contributed by atoms with Crippen molar-refractivity contribution in [1.29, 1.82) is 0 Å². The van der Waals surface area contributed by atoms with Crippen molar-refractivity contribution >= 4 is 16.9 Å². The van der Waals surface area contributed by atoms with Gasteiger partial charge in [0.2, 0.25) is 5.95 Å². The van der Waals surface area contributed by atoms with Crippen molar-refractivity contribution in [2.24, 2.45) is 5.41 Å². The Hall–Kier alpha value is -1.68. The molecule has 100 valence electrons. The van der Waals surface area contributed by atoms with Crippen molar-refractivity contribution in [3.05, 3.63) is 30.5 Å². The Morgan fingerprint density at radius 1 is 1.21 bits per heavy atom. The molecule has 1 fully saturated rings. The van der Waals surface area contributed by atoms with E-state index in [1.54, 1.807) is 0 Å². The summed E-state index contributed by atoms with van der Waals surface area (Å²) >= 11 is 0.